The number of aryl methyl sites for hydroxylation is 2. The highest BCUT2D eigenvalue weighted by Crippen LogP contribution is 2.36. The van der Waals surface area contributed by atoms with Gasteiger partial charge in [-0.05, 0) is 44.0 Å². The fraction of sp³-hybridized carbons (Fsp3) is 0.320. The lowest BCUT2D eigenvalue weighted by Gasteiger charge is -2.53. The van der Waals surface area contributed by atoms with E-state index >= 15 is 0 Å². The highest BCUT2D eigenvalue weighted by Gasteiger charge is 2.45. The molecule has 3 heterocycles. The molecule has 0 bridgehead atoms. The van der Waals surface area contributed by atoms with E-state index in [9.17, 15) is 9.18 Å². The molecule has 5 nitrogen and oxygen atoms in total. The van der Waals surface area contributed by atoms with Gasteiger partial charge in [-0.1, -0.05) is 36.4 Å². The van der Waals surface area contributed by atoms with Gasteiger partial charge in [-0.25, -0.2) is 14.4 Å². The molecule has 0 radical (unpaired) electrons. The van der Waals surface area contributed by atoms with E-state index in [1.54, 1.807) is 24.3 Å². The lowest BCUT2D eigenvalue weighted by molar-refractivity contribution is 0.0590. The standard InChI is InChI=1S/C25H25FN4O/c1-16-13-17(2)28-25(27-16)30-14-18-11-12-29(15-23(18)30)24(31)21-9-4-3-7-19(21)20-8-5-6-10-22(20)26/h3-10,13,18,23H,11-12,14-15H2,1-2H3. The van der Waals surface area contributed by atoms with Crippen molar-refractivity contribution >= 4 is 11.9 Å². The van der Waals surface area contributed by atoms with E-state index < -0.39 is 0 Å². The van der Waals surface area contributed by atoms with Gasteiger partial charge in [0, 0.05) is 48.1 Å². The molecule has 5 rings (SSSR count). The van der Waals surface area contributed by atoms with E-state index in [2.05, 4.69) is 14.9 Å². The summed E-state index contributed by atoms with van der Waals surface area (Å²) in [4.78, 5) is 26.8. The topological polar surface area (TPSA) is 49.3 Å². The van der Waals surface area contributed by atoms with Crippen LogP contribution in [0, 0.1) is 25.6 Å². The summed E-state index contributed by atoms with van der Waals surface area (Å²) >= 11 is 0. The van der Waals surface area contributed by atoms with Crippen LogP contribution in [-0.4, -0.2) is 46.5 Å². The van der Waals surface area contributed by atoms with Crippen LogP contribution < -0.4 is 4.90 Å². The molecule has 2 saturated heterocycles. The van der Waals surface area contributed by atoms with E-state index in [0.717, 1.165) is 30.3 Å². The molecule has 0 aliphatic carbocycles. The maximum Gasteiger partial charge on any atom is 0.254 e. The van der Waals surface area contributed by atoms with Gasteiger partial charge in [0.25, 0.3) is 5.91 Å². The number of nitrogens with zero attached hydrogens (tertiary/aromatic N) is 4. The van der Waals surface area contributed by atoms with E-state index in [1.807, 2.05) is 43.0 Å². The Bertz CT molecular complexity index is 1130. The largest absolute Gasteiger partial charge is 0.337 e. The van der Waals surface area contributed by atoms with Crippen LogP contribution in [0.15, 0.2) is 54.6 Å². The summed E-state index contributed by atoms with van der Waals surface area (Å²) in [5.74, 6) is 0.930. The van der Waals surface area contributed by atoms with Crippen molar-refractivity contribution in [3.8, 4) is 11.1 Å². The Kier molecular flexibility index (Phi) is 4.93. The van der Waals surface area contributed by atoms with Crippen molar-refractivity contribution in [1.82, 2.24) is 14.9 Å². The lowest BCUT2D eigenvalue weighted by Crippen LogP contribution is -2.65. The number of benzene rings is 2. The molecule has 158 valence electrons. The smallest absolute Gasteiger partial charge is 0.254 e. The Hall–Kier alpha value is -3.28. The zero-order valence-corrected chi connectivity index (χ0v) is 17.8. The van der Waals surface area contributed by atoms with Crippen molar-refractivity contribution in [2.24, 2.45) is 5.92 Å². The molecule has 2 fully saturated rings. The number of likely N-dealkylation sites (tertiary alicyclic amines) is 1. The maximum atomic E-state index is 14.4. The molecule has 2 atom stereocenters. The third kappa shape index (κ3) is 3.56. The van der Waals surface area contributed by atoms with Gasteiger partial charge < -0.3 is 9.80 Å². The van der Waals surface area contributed by atoms with E-state index in [0.29, 0.717) is 35.7 Å². The van der Waals surface area contributed by atoms with Gasteiger partial charge in [0.05, 0.1) is 6.04 Å². The van der Waals surface area contributed by atoms with E-state index in [4.69, 9.17) is 0 Å². The molecule has 2 aromatic carbocycles. The minimum atomic E-state index is -0.321. The van der Waals surface area contributed by atoms with Crippen molar-refractivity contribution in [2.75, 3.05) is 24.5 Å². The highest BCUT2D eigenvalue weighted by atomic mass is 19.1. The highest BCUT2D eigenvalue weighted by molar-refractivity contribution is 6.01. The Balaban J connectivity index is 1.40. The van der Waals surface area contributed by atoms with Crippen molar-refractivity contribution < 1.29 is 9.18 Å². The number of halogens is 1. The summed E-state index contributed by atoms with van der Waals surface area (Å²) in [6, 6.07) is 16.1. The molecule has 0 saturated carbocycles. The Morgan fingerprint density at radius 3 is 2.39 bits per heavy atom. The number of carbonyl (C=O) groups is 1. The Labute approximate surface area is 181 Å². The number of hydrogen-bond donors (Lipinski definition) is 0. The van der Waals surface area contributed by atoms with Crippen LogP contribution in [0.3, 0.4) is 0 Å². The predicted molar refractivity (Wildman–Crippen MR) is 118 cm³/mol. The number of fused-ring (bicyclic) bond motifs is 1. The number of rotatable bonds is 3. The third-order valence-electron chi connectivity index (χ3n) is 6.39. The summed E-state index contributed by atoms with van der Waals surface area (Å²) in [5, 5.41) is 0. The van der Waals surface area contributed by atoms with E-state index in [1.165, 1.54) is 6.07 Å². The van der Waals surface area contributed by atoms with Gasteiger partial charge in [0.1, 0.15) is 5.82 Å². The monoisotopic (exact) mass is 416 g/mol. The molecule has 2 aliphatic heterocycles. The number of aromatic nitrogens is 2. The number of anilines is 1. The Morgan fingerprint density at radius 2 is 1.65 bits per heavy atom. The summed E-state index contributed by atoms with van der Waals surface area (Å²) in [6.45, 7) is 6.23. The normalized spacial score (nSPS) is 20.2. The minimum Gasteiger partial charge on any atom is -0.337 e. The van der Waals surface area contributed by atoms with E-state index in [-0.39, 0.29) is 17.8 Å². The average Bonchev–Trinajstić information content (AvgIpc) is 2.74. The third-order valence-corrected chi connectivity index (χ3v) is 6.39. The molecule has 6 heteroatoms. The summed E-state index contributed by atoms with van der Waals surface area (Å²) in [6.07, 6.45) is 0.958. The maximum absolute atomic E-state index is 14.4. The molecule has 2 aliphatic rings. The SMILES string of the molecule is Cc1cc(C)nc(N2CC3CCN(C(=O)c4ccccc4-c4ccccc4F)CC32)n1. The first-order chi connectivity index (χ1) is 15.0. The molecule has 1 amide bonds. The fourth-order valence-electron chi connectivity index (χ4n) is 4.80. The van der Waals surface area contributed by atoms with Crippen LogP contribution in [0.1, 0.15) is 28.2 Å². The average molecular weight is 417 g/mol. The second kappa shape index (κ2) is 7.76. The van der Waals surface area contributed by atoms with Crippen molar-refractivity contribution in [3.05, 3.63) is 77.4 Å². The van der Waals surface area contributed by atoms with Gasteiger partial charge in [-0.15, -0.1) is 0 Å². The molecule has 1 aromatic heterocycles. The van der Waals surface area contributed by atoms with Crippen LogP contribution >= 0.6 is 0 Å². The summed E-state index contributed by atoms with van der Waals surface area (Å²) in [5.41, 5.74) is 3.53. The quantitative estimate of drug-likeness (QED) is 0.641. The van der Waals surface area contributed by atoms with Crippen LogP contribution in [0.25, 0.3) is 11.1 Å². The number of amides is 1. The molecule has 0 spiro atoms. The van der Waals surface area contributed by atoms with Crippen LogP contribution in [0.5, 0.6) is 0 Å². The van der Waals surface area contributed by atoms with Gasteiger partial charge in [0.15, 0.2) is 0 Å². The molecule has 3 aromatic rings. The first-order valence-electron chi connectivity index (χ1n) is 10.7. The van der Waals surface area contributed by atoms with Gasteiger partial charge in [-0.3, -0.25) is 4.79 Å². The van der Waals surface area contributed by atoms with Crippen LogP contribution in [0.4, 0.5) is 10.3 Å². The molecule has 2 unspecified atom stereocenters. The van der Waals surface area contributed by atoms with Gasteiger partial charge in [0.2, 0.25) is 5.95 Å². The van der Waals surface area contributed by atoms with Crippen LogP contribution in [0.2, 0.25) is 0 Å². The van der Waals surface area contributed by atoms with Crippen LogP contribution in [-0.2, 0) is 0 Å². The van der Waals surface area contributed by atoms with Gasteiger partial charge >= 0.3 is 0 Å². The first-order valence-corrected chi connectivity index (χ1v) is 10.7. The zero-order chi connectivity index (χ0) is 21.5. The minimum absolute atomic E-state index is 0.0505. The van der Waals surface area contributed by atoms with Crippen molar-refractivity contribution in [1.29, 1.82) is 0 Å². The summed E-state index contributed by atoms with van der Waals surface area (Å²) in [7, 11) is 0. The van der Waals surface area contributed by atoms with Crippen molar-refractivity contribution in [2.45, 2.75) is 26.3 Å². The zero-order valence-electron chi connectivity index (χ0n) is 17.8. The number of hydrogen-bond acceptors (Lipinski definition) is 4. The Morgan fingerprint density at radius 1 is 0.968 bits per heavy atom. The molecular formula is C25H25FN4O. The van der Waals surface area contributed by atoms with Crippen molar-refractivity contribution in [3.63, 3.8) is 0 Å². The molecular weight excluding hydrogens is 391 g/mol. The molecule has 31 heavy (non-hydrogen) atoms. The molecule has 0 N–H and O–H groups in total. The second-order valence-corrected chi connectivity index (χ2v) is 8.50. The summed E-state index contributed by atoms with van der Waals surface area (Å²) < 4.78 is 14.4. The number of piperidine rings is 1. The first kappa shape index (κ1) is 19.7. The lowest BCUT2D eigenvalue weighted by atomic mass is 9.82. The second-order valence-electron chi connectivity index (χ2n) is 8.50. The predicted octanol–water partition coefficient (Wildman–Crippen LogP) is 4.25. The van der Waals surface area contributed by atoms with Gasteiger partial charge in [-0.2, -0.15) is 0 Å². The number of carbonyl (C=O) groups excluding carboxylic acids is 1. The fourth-order valence-corrected chi connectivity index (χ4v) is 4.80.